The Morgan fingerprint density at radius 3 is 1.88 bits per heavy atom. The molecular formula is C15H15Br. The SMILES string of the molecule is BrCCc1ccc(Cc2ccccc2)cc1. The van der Waals surface area contributed by atoms with E-state index in [9.17, 15) is 0 Å². The lowest BCUT2D eigenvalue weighted by Crippen LogP contribution is -1.90. The average molecular weight is 275 g/mol. The second-order valence-electron chi connectivity index (χ2n) is 3.92. The van der Waals surface area contributed by atoms with Crippen molar-refractivity contribution in [2.24, 2.45) is 0 Å². The molecule has 0 spiro atoms. The Labute approximate surface area is 105 Å². The molecule has 0 aliphatic rings. The Balaban J connectivity index is 2.05. The fraction of sp³-hybridized carbons (Fsp3) is 0.200. The summed E-state index contributed by atoms with van der Waals surface area (Å²) in [5, 5.41) is 1.03. The normalized spacial score (nSPS) is 10.3. The van der Waals surface area contributed by atoms with Gasteiger partial charge in [-0.3, -0.25) is 0 Å². The molecule has 82 valence electrons. The van der Waals surface area contributed by atoms with Crippen molar-refractivity contribution >= 4 is 15.9 Å². The van der Waals surface area contributed by atoms with Crippen molar-refractivity contribution in [3.8, 4) is 0 Å². The number of halogens is 1. The Bertz CT molecular complexity index is 417. The quantitative estimate of drug-likeness (QED) is 0.733. The zero-order valence-corrected chi connectivity index (χ0v) is 10.8. The zero-order chi connectivity index (χ0) is 11.2. The first-order valence-electron chi connectivity index (χ1n) is 5.56. The molecule has 2 aromatic carbocycles. The topological polar surface area (TPSA) is 0 Å². The maximum absolute atomic E-state index is 3.46. The van der Waals surface area contributed by atoms with Gasteiger partial charge in [-0.2, -0.15) is 0 Å². The zero-order valence-electron chi connectivity index (χ0n) is 9.20. The molecule has 0 nitrogen and oxygen atoms in total. The van der Waals surface area contributed by atoms with Crippen molar-refractivity contribution in [3.05, 3.63) is 71.3 Å². The molecule has 0 bridgehead atoms. The van der Waals surface area contributed by atoms with Crippen molar-refractivity contribution in [3.63, 3.8) is 0 Å². The van der Waals surface area contributed by atoms with E-state index in [0.717, 1.165) is 18.2 Å². The van der Waals surface area contributed by atoms with E-state index in [1.807, 2.05) is 0 Å². The highest BCUT2D eigenvalue weighted by Crippen LogP contribution is 2.11. The van der Waals surface area contributed by atoms with Crippen LogP contribution in [0.5, 0.6) is 0 Å². The van der Waals surface area contributed by atoms with Gasteiger partial charge < -0.3 is 0 Å². The molecular weight excluding hydrogens is 260 g/mol. The van der Waals surface area contributed by atoms with Crippen LogP contribution in [0.1, 0.15) is 16.7 Å². The Hall–Kier alpha value is -1.08. The van der Waals surface area contributed by atoms with Crippen LogP contribution in [0.4, 0.5) is 0 Å². The van der Waals surface area contributed by atoms with Crippen LogP contribution in [-0.4, -0.2) is 5.33 Å². The molecule has 0 atom stereocenters. The molecule has 0 heterocycles. The number of hydrogen-bond donors (Lipinski definition) is 0. The lowest BCUT2D eigenvalue weighted by Gasteiger charge is -2.03. The first-order valence-corrected chi connectivity index (χ1v) is 6.68. The molecule has 0 aromatic heterocycles. The fourth-order valence-corrected chi connectivity index (χ4v) is 2.22. The van der Waals surface area contributed by atoms with Crippen LogP contribution in [0.25, 0.3) is 0 Å². The van der Waals surface area contributed by atoms with E-state index in [1.165, 1.54) is 16.7 Å². The number of alkyl halides is 1. The number of aryl methyl sites for hydroxylation is 1. The van der Waals surface area contributed by atoms with Crippen LogP contribution in [0.2, 0.25) is 0 Å². The minimum atomic E-state index is 1.02. The summed E-state index contributed by atoms with van der Waals surface area (Å²) in [6.45, 7) is 0. The molecule has 0 radical (unpaired) electrons. The van der Waals surface area contributed by atoms with Gasteiger partial charge in [0, 0.05) is 5.33 Å². The van der Waals surface area contributed by atoms with Gasteiger partial charge >= 0.3 is 0 Å². The summed E-state index contributed by atoms with van der Waals surface area (Å²) < 4.78 is 0. The van der Waals surface area contributed by atoms with Gasteiger partial charge in [-0.15, -0.1) is 0 Å². The van der Waals surface area contributed by atoms with Crippen molar-refractivity contribution in [1.29, 1.82) is 0 Å². The van der Waals surface area contributed by atoms with Crippen LogP contribution in [0.3, 0.4) is 0 Å². The largest absolute Gasteiger partial charge is 0.0924 e. The molecule has 1 heteroatoms. The Morgan fingerprint density at radius 2 is 1.25 bits per heavy atom. The molecule has 0 fully saturated rings. The Morgan fingerprint density at radius 1 is 0.688 bits per heavy atom. The van der Waals surface area contributed by atoms with Gasteiger partial charge in [0.05, 0.1) is 0 Å². The minimum absolute atomic E-state index is 1.02. The lowest BCUT2D eigenvalue weighted by molar-refractivity contribution is 1.14. The minimum Gasteiger partial charge on any atom is -0.0924 e. The number of rotatable bonds is 4. The van der Waals surface area contributed by atoms with Gasteiger partial charge in [-0.25, -0.2) is 0 Å². The maximum atomic E-state index is 3.46. The molecule has 2 rings (SSSR count). The standard InChI is InChI=1S/C15H15Br/c16-11-10-13-6-8-15(9-7-13)12-14-4-2-1-3-5-14/h1-9H,10-12H2. The van der Waals surface area contributed by atoms with Crippen LogP contribution in [-0.2, 0) is 12.8 Å². The molecule has 0 aliphatic heterocycles. The molecule has 0 amide bonds. The van der Waals surface area contributed by atoms with E-state index < -0.39 is 0 Å². The second-order valence-corrected chi connectivity index (χ2v) is 4.71. The van der Waals surface area contributed by atoms with Crippen molar-refractivity contribution < 1.29 is 0 Å². The lowest BCUT2D eigenvalue weighted by atomic mass is 10.0. The third kappa shape index (κ3) is 3.21. The van der Waals surface area contributed by atoms with Gasteiger partial charge in [0.15, 0.2) is 0 Å². The summed E-state index contributed by atoms with van der Waals surface area (Å²) in [6.07, 6.45) is 2.13. The van der Waals surface area contributed by atoms with E-state index in [2.05, 4.69) is 70.5 Å². The highest BCUT2D eigenvalue weighted by Gasteiger charge is 1.96. The van der Waals surface area contributed by atoms with E-state index in [-0.39, 0.29) is 0 Å². The predicted molar refractivity (Wildman–Crippen MR) is 73.2 cm³/mol. The van der Waals surface area contributed by atoms with Gasteiger partial charge in [-0.05, 0) is 29.5 Å². The molecule has 0 aliphatic carbocycles. The predicted octanol–water partition coefficient (Wildman–Crippen LogP) is 4.21. The van der Waals surface area contributed by atoms with E-state index in [1.54, 1.807) is 0 Å². The Kier molecular flexibility index (Phi) is 4.17. The smallest absolute Gasteiger partial charge is 0.00718 e. The van der Waals surface area contributed by atoms with Gasteiger partial charge in [0.2, 0.25) is 0 Å². The average Bonchev–Trinajstić information content (AvgIpc) is 2.33. The first kappa shape index (κ1) is 11.4. The second kappa shape index (κ2) is 5.86. The number of benzene rings is 2. The van der Waals surface area contributed by atoms with Crippen LogP contribution in [0, 0.1) is 0 Å². The summed E-state index contributed by atoms with van der Waals surface area (Å²) >= 11 is 3.46. The highest BCUT2D eigenvalue weighted by atomic mass is 79.9. The molecule has 0 saturated heterocycles. The monoisotopic (exact) mass is 274 g/mol. The number of hydrogen-bond acceptors (Lipinski definition) is 0. The third-order valence-electron chi connectivity index (χ3n) is 2.66. The molecule has 0 N–H and O–H groups in total. The third-order valence-corrected chi connectivity index (χ3v) is 3.05. The van der Waals surface area contributed by atoms with Gasteiger partial charge in [0.25, 0.3) is 0 Å². The molecule has 0 unspecified atom stereocenters. The molecule has 2 aromatic rings. The van der Waals surface area contributed by atoms with Gasteiger partial charge in [0.1, 0.15) is 0 Å². The summed E-state index contributed by atoms with van der Waals surface area (Å²) in [7, 11) is 0. The van der Waals surface area contributed by atoms with E-state index in [0.29, 0.717) is 0 Å². The van der Waals surface area contributed by atoms with Crippen LogP contribution >= 0.6 is 15.9 Å². The van der Waals surface area contributed by atoms with Gasteiger partial charge in [-0.1, -0.05) is 70.5 Å². The van der Waals surface area contributed by atoms with Crippen molar-refractivity contribution in [2.45, 2.75) is 12.8 Å². The van der Waals surface area contributed by atoms with E-state index in [4.69, 9.17) is 0 Å². The van der Waals surface area contributed by atoms with Crippen LogP contribution in [0.15, 0.2) is 54.6 Å². The van der Waals surface area contributed by atoms with Crippen molar-refractivity contribution in [1.82, 2.24) is 0 Å². The summed E-state index contributed by atoms with van der Waals surface area (Å²) in [5.74, 6) is 0. The van der Waals surface area contributed by atoms with Crippen LogP contribution < -0.4 is 0 Å². The van der Waals surface area contributed by atoms with Crippen molar-refractivity contribution in [2.75, 3.05) is 5.33 Å². The summed E-state index contributed by atoms with van der Waals surface area (Å²) in [6, 6.07) is 19.5. The fourth-order valence-electron chi connectivity index (χ4n) is 1.76. The first-order chi connectivity index (χ1) is 7.88. The highest BCUT2D eigenvalue weighted by molar-refractivity contribution is 9.09. The maximum Gasteiger partial charge on any atom is 0.00718 e. The molecule has 16 heavy (non-hydrogen) atoms. The summed E-state index contributed by atoms with van der Waals surface area (Å²) in [5.41, 5.74) is 4.15. The van der Waals surface area contributed by atoms with E-state index >= 15 is 0 Å². The molecule has 0 saturated carbocycles. The summed E-state index contributed by atoms with van der Waals surface area (Å²) in [4.78, 5) is 0.